The number of nitrogens with zero attached hydrogens (tertiary/aromatic N) is 3. The van der Waals surface area contributed by atoms with Crippen molar-refractivity contribution >= 4 is 37.2 Å². The summed E-state index contributed by atoms with van der Waals surface area (Å²) in [6.07, 6.45) is -5.28. The number of methoxy groups -OCH3 is 1. The number of imidazole rings is 1. The molecule has 0 bridgehead atoms. The number of carbonyl (C=O) groups excluding carboxylic acids is 2. The predicted octanol–water partition coefficient (Wildman–Crippen LogP) is 1.24. The molecule has 2 aromatic rings. The minimum Gasteiger partial charge on any atom is -0.432 e. The van der Waals surface area contributed by atoms with Crippen LogP contribution in [0.2, 0.25) is 0 Å². The summed E-state index contributed by atoms with van der Waals surface area (Å²) in [6, 6.07) is 0. The van der Waals surface area contributed by atoms with Crippen molar-refractivity contribution in [3.8, 4) is 0 Å². The van der Waals surface area contributed by atoms with Crippen molar-refractivity contribution in [1.82, 2.24) is 19.5 Å². The quantitative estimate of drug-likeness (QED) is 0.123. The maximum absolute atomic E-state index is 15.9. The van der Waals surface area contributed by atoms with Gasteiger partial charge in [0.15, 0.2) is 23.0 Å². The second-order valence-electron chi connectivity index (χ2n) is 9.06. The molecule has 42 heavy (non-hydrogen) atoms. The number of halogens is 1. The smallest absolute Gasteiger partial charge is 0.432 e. The van der Waals surface area contributed by atoms with E-state index < -0.39 is 75.8 Å². The highest BCUT2D eigenvalue weighted by atomic mass is 31.2. The fourth-order valence-electron chi connectivity index (χ4n) is 3.06. The number of fused-ring (bicyclic) bond motifs is 1. The second kappa shape index (κ2) is 14.2. The number of nitrogens with two attached hydrogens (primary N) is 1. The van der Waals surface area contributed by atoms with E-state index in [2.05, 4.69) is 24.4 Å². The summed E-state index contributed by atoms with van der Waals surface area (Å²) in [5.41, 5.74) is 1.47. The number of phosphoric ester groups is 1. The first kappa shape index (κ1) is 34.8. The minimum absolute atomic E-state index is 0.298. The van der Waals surface area contributed by atoms with Crippen LogP contribution in [-0.4, -0.2) is 93.5 Å². The van der Waals surface area contributed by atoms with Crippen molar-refractivity contribution in [2.45, 2.75) is 64.5 Å². The molecule has 0 aromatic carbocycles. The second-order valence-corrected chi connectivity index (χ2v) is 10.7. The van der Waals surface area contributed by atoms with E-state index in [9.17, 15) is 29.2 Å². The first-order valence-corrected chi connectivity index (χ1v) is 13.5. The summed E-state index contributed by atoms with van der Waals surface area (Å²) in [7, 11) is -4.21. The van der Waals surface area contributed by atoms with Gasteiger partial charge in [-0.25, -0.2) is 32.6 Å². The summed E-state index contributed by atoms with van der Waals surface area (Å²) in [4.78, 5) is 45.1. The number of H-pyrrole nitrogens is 1. The molecule has 0 aliphatic heterocycles. The van der Waals surface area contributed by atoms with Gasteiger partial charge in [-0.2, -0.15) is 4.98 Å². The van der Waals surface area contributed by atoms with Crippen molar-refractivity contribution in [2.24, 2.45) is 0 Å². The molecule has 0 unspecified atom stereocenters. The molecule has 2 heterocycles. The number of hydrogen-bond donors (Lipinski definition) is 4. The molecule has 238 valence electrons. The van der Waals surface area contributed by atoms with E-state index in [1.165, 1.54) is 27.7 Å². The number of carbonyl (C=O) groups is 2. The van der Waals surface area contributed by atoms with Gasteiger partial charge in [0.05, 0.1) is 18.5 Å². The summed E-state index contributed by atoms with van der Waals surface area (Å²) >= 11 is 0. The molecular weight excluding hydrogens is 596 g/mol. The molecule has 19 nitrogen and oxygen atoms in total. The summed E-state index contributed by atoms with van der Waals surface area (Å²) < 4.78 is 67.7. The van der Waals surface area contributed by atoms with E-state index in [1.807, 2.05) is 0 Å². The number of anilines is 1. The van der Waals surface area contributed by atoms with Gasteiger partial charge < -0.3 is 39.6 Å². The Labute approximate surface area is 237 Å². The standard InChI is InChI=1S/C21H33FN5O14P/c1-11(2)40-18(30)35-9-38-42(33,39-10-36-19(31)41-12(3)4)37-7-21(22,34-6)16(29)20(5,32)27-8-24-13-14(27)25-17(23)26-15(13)28/h8,11-12,16,29,32H,7,9-10H2,1-6H3,(H3,23,25,26,28)/t16-,20+,21+/m0/s1. The zero-order valence-electron chi connectivity index (χ0n) is 23.5. The van der Waals surface area contributed by atoms with E-state index in [0.717, 1.165) is 24.9 Å². The van der Waals surface area contributed by atoms with Gasteiger partial charge in [-0.3, -0.25) is 18.9 Å². The number of nitrogen functional groups attached to an aromatic ring is 1. The number of nitrogens with one attached hydrogen (secondary N) is 1. The van der Waals surface area contributed by atoms with Crippen molar-refractivity contribution in [3.05, 3.63) is 16.7 Å². The molecule has 0 aliphatic rings. The molecule has 2 rings (SSSR count). The number of aliphatic hydroxyl groups is 2. The number of aliphatic hydroxyl groups excluding tert-OH is 1. The maximum atomic E-state index is 15.9. The van der Waals surface area contributed by atoms with E-state index in [1.54, 1.807) is 0 Å². The summed E-state index contributed by atoms with van der Waals surface area (Å²) in [5, 5.41) is 22.0. The van der Waals surface area contributed by atoms with Crippen LogP contribution >= 0.6 is 7.82 Å². The lowest BCUT2D eigenvalue weighted by molar-refractivity contribution is -0.272. The van der Waals surface area contributed by atoms with E-state index in [-0.39, 0.29) is 17.1 Å². The third-order valence-electron chi connectivity index (χ3n) is 5.04. The first-order chi connectivity index (χ1) is 19.4. The van der Waals surface area contributed by atoms with Crippen molar-refractivity contribution in [1.29, 1.82) is 0 Å². The van der Waals surface area contributed by atoms with Gasteiger partial charge in [-0.05, 0) is 34.6 Å². The lowest BCUT2D eigenvalue weighted by atomic mass is 10.0. The van der Waals surface area contributed by atoms with Crippen molar-refractivity contribution in [3.63, 3.8) is 0 Å². The van der Waals surface area contributed by atoms with Crippen molar-refractivity contribution in [2.75, 3.05) is 33.0 Å². The average Bonchev–Trinajstić information content (AvgIpc) is 3.31. The summed E-state index contributed by atoms with van der Waals surface area (Å²) in [6.45, 7) is 3.34. The molecule has 2 aromatic heterocycles. The van der Waals surface area contributed by atoms with Gasteiger partial charge in [0.1, 0.15) is 6.61 Å². The lowest BCUT2D eigenvalue weighted by Gasteiger charge is -2.38. The molecule has 3 atom stereocenters. The van der Waals surface area contributed by atoms with Crippen LogP contribution in [0.3, 0.4) is 0 Å². The summed E-state index contributed by atoms with van der Waals surface area (Å²) in [5.74, 6) is -3.75. The Balaban J connectivity index is 2.25. The van der Waals surface area contributed by atoms with Gasteiger partial charge >= 0.3 is 20.1 Å². The van der Waals surface area contributed by atoms with Crippen molar-refractivity contribution < 1.29 is 66.0 Å². The van der Waals surface area contributed by atoms with Crippen LogP contribution in [0.5, 0.6) is 0 Å². The van der Waals surface area contributed by atoms with Crippen LogP contribution in [0.25, 0.3) is 11.2 Å². The highest BCUT2D eigenvalue weighted by Gasteiger charge is 2.52. The molecule has 0 fully saturated rings. The molecule has 0 radical (unpaired) electrons. The highest BCUT2D eigenvalue weighted by molar-refractivity contribution is 7.48. The van der Waals surface area contributed by atoms with Gasteiger partial charge in [-0.1, -0.05) is 0 Å². The van der Waals surface area contributed by atoms with Gasteiger partial charge in [0.25, 0.3) is 11.4 Å². The molecule has 21 heteroatoms. The number of hydrogen-bond acceptors (Lipinski definition) is 17. The average molecular weight is 629 g/mol. The molecule has 0 amide bonds. The Kier molecular flexibility index (Phi) is 11.8. The van der Waals surface area contributed by atoms with E-state index >= 15 is 4.39 Å². The van der Waals surface area contributed by atoms with Crippen LogP contribution in [-0.2, 0) is 47.5 Å². The number of phosphoric acid groups is 1. The number of ether oxygens (including phenoxy) is 5. The highest BCUT2D eigenvalue weighted by Crippen LogP contribution is 2.51. The van der Waals surface area contributed by atoms with E-state index in [4.69, 9.17) is 33.5 Å². The third-order valence-corrected chi connectivity index (χ3v) is 6.33. The third kappa shape index (κ3) is 9.05. The monoisotopic (exact) mass is 629 g/mol. The molecule has 5 N–H and O–H groups in total. The van der Waals surface area contributed by atoms with Gasteiger partial charge in [0.2, 0.25) is 19.5 Å². The van der Waals surface area contributed by atoms with Crippen LogP contribution in [0.15, 0.2) is 11.1 Å². The number of alkyl halides is 1. The zero-order valence-corrected chi connectivity index (χ0v) is 24.4. The zero-order chi connectivity index (χ0) is 31.9. The minimum atomic E-state index is -4.99. The number of aromatic nitrogens is 4. The number of rotatable bonds is 15. The molecule has 0 saturated carbocycles. The molecule has 0 aliphatic carbocycles. The van der Waals surface area contributed by atoms with Crippen LogP contribution in [0.1, 0.15) is 34.6 Å². The molecule has 0 saturated heterocycles. The fourth-order valence-corrected chi connectivity index (χ4v) is 3.98. The molecular formula is C21H33FN5O14P. The first-order valence-electron chi connectivity index (χ1n) is 12.0. The van der Waals surface area contributed by atoms with Gasteiger partial charge in [-0.15, -0.1) is 0 Å². The Bertz CT molecular complexity index is 1300. The maximum Gasteiger partial charge on any atom is 0.510 e. The van der Waals surface area contributed by atoms with Crippen LogP contribution in [0.4, 0.5) is 19.9 Å². The van der Waals surface area contributed by atoms with E-state index in [0.29, 0.717) is 0 Å². The Hall–Kier alpha value is -3.39. The Morgan fingerprint density at radius 1 is 1.12 bits per heavy atom. The lowest BCUT2D eigenvalue weighted by Crippen LogP contribution is -2.57. The normalized spacial score (nSPS) is 15.7. The topological polar surface area (TPSA) is 255 Å². The largest absolute Gasteiger partial charge is 0.510 e. The number of aromatic amines is 1. The molecule has 0 spiro atoms. The van der Waals surface area contributed by atoms with Crippen LogP contribution in [0, 0.1) is 0 Å². The van der Waals surface area contributed by atoms with Crippen LogP contribution < -0.4 is 11.3 Å². The predicted molar refractivity (Wildman–Crippen MR) is 136 cm³/mol. The van der Waals surface area contributed by atoms with Gasteiger partial charge in [0, 0.05) is 7.11 Å². The Morgan fingerprint density at radius 3 is 2.12 bits per heavy atom. The SMILES string of the molecule is CO[C@](F)(COP(=O)(OCOC(=O)OC(C)C)OCOC(=O)OC(C)C)[C@@H](O)[C@@](C)(O)n1cnc2c(=O)[nH]c(N)nc21. The fraction of sp³-hybridized carbons (Fsp3) is 0.667. The Morgan fingerprint density at radius 2 is 1.64 bits per heavy atom.